The number of esters is 1. The Bertz CT molecular complexity index is 657. The number of hydrogen-bond donors (Lipinski definition) is 0. The van der Waals surface area contributed by atoms with E-state index in [1.165, 1.54) is 30.0 Å². The molecule has 0 heterocycles. The van der Waals surface area contributed by atoms with Crippen molar-refractivity contribution in [2.45, 2.75) is 25.7 Å². The highest BCUT2D eigenvalue weighted by Gasteiger charge is 2.10. The number of carbonyl (C=O) groups is 1. The minimum atomic E-state index is -0.338. The van der Waals surface area contributed by atoms with Crippen molar-refractivity contribution in [3.8, 4) is 5.75 Å². The second-order valence-corrected chi connectivity index (χ2v) is 5.30. The van der Waals surface area contributed by atoms with Crippen LogP contribution in [0.3, 0.4) is 0 Å². The highest BCUT2D eigenvalue weighted by Crippen LogP contribution is 2.25. The van der Waals surface area contributed by atoms with Crippen molar-refractivity contribution in [1.29, 1.82) is 0 Å². The lowest BCUT2D eigenvalue weighted by atomic mass is 9.92. The molecule has 0 unspecified atom stereocenters. The Balaban J connectivity index is 1.66. The van der Waals surface area contributed by atoms with Crippen LogP contribution >= 0.6 is 0 Å². The predicted molar refractivity (Wildman–Crippen MR) is 84.2 cm³/mol. The van der Waals surface area contributed by atoms with E-state index in [0.717, 1.165) is 18.4 Å². The molecular weight excluding hydrogens is 260 g/mol. The molecule has 0 fully saturated rings. The maximum atomic E-state index is 11.8. The van der Waals surface area contributed by atoms with Gasteiger partial charge in [-0.2, -0.15) is 0 Å². The number of aryl methyl sites for hydroxylation is 2. The average Bonchev–Trinajstić information content (AvgIpc) is 2.54. The third kappa shape index (κ3) is 3.60. The van der Waals surface area contributed by atoms with Crippen LogP contribution in [-0.2, 0) is 17.6 Å². The number of benzene rings is 2. The van der Waals surface area contributed by atoms with Gasteiger partial charge in [0.25, 0.3) is 0 Å². The highest BCUT2D eigenvalue weighted by molar-refractivity contribution is 5.88. The third-order valence-corrected chi connectivity index (χ3v) is 3.75. The smallest absolute Gasteiger partial charge is 0.336 e. The molecule has 2 nitrogen and oxygen atoms in total. The number of rotatable bonds is 3. The van der Waals surface area contributed by atoms with Gasteiger partial charge in [-0.25, -0.2) is 4.79 Å². The molecule has 0 N–H and O–H groups in total. The van der Waals surface area contributed by atoms with Gasteiger partial charge in [0.15, 0.2) is 0 Å². The Kier molecular flexibility index (Phi) is 4.15. The molecule has 0 saturated carbocycles. The molecule has 1 aliphatic rings. The predicted octanol–water partition coefficient (Wildman–Crippen LogP) is 4.18. The monoisotopic (exact) mass is 278 g/mol. The summed E-state index contributed by atoms with van der Waals surface area (Å²) in [6, 6.07) is 15.7. The number of carbonyl (C=O) groups excluding carboxylic acids is 1. The summed E-state index contributed by atoms with van der Waals surface area (Å²) in [7, 11) is 0. The summed E-state index contributed by atoms with van der Waals surface area (Å²) >= 11 is 0. The lowest BCUT2D eigenvalue weighted by Gasteiger charge is -2.16. The van der Waals surface area contributed by atoms with E-state index in [-0.39, 0.29) is 5.97 Å². The van der Waals surface area contributed by atoms with Crippen molar-refractivity contribution in [1.82, 2.24) is 0 Å². The van der Waals surface area contributed by atoms with Gasteiger partial charge in [0.2, 0.25) is 0 Å². The van der Waals surface area contributed by atoms with Crippen LogP contribution in [0.25, 0.3) is 6.08 Å². The fraction of sp³-hybridized carbons (Fsp3) is 0.211. The van der Waals surface area contributed by atoms with Crippen molar-refractivity contribution in [3.63, 3.8) is 0 Å². The molecule has 0 spiro atoms. The highest BCUT2D eigenvalue weighted by atomic mass is 16.5. The molecule has 0 saturated heterocycles. The van der Waals surface area contributed by atoms with E-state index in [9.17, 15) is 4.79 Å². The van der Waals surface area contributed by atoms with Crippen molar-refractivity contribution < 1.29 is 9.53 Å². The molecular formula is C19H18O2. The standard InChI is InChI=1S/C19H18O2/c20-19(13-10-15-6-2-1-3-7-15)21-18-12-11-16-8-4-5-9-17(16)14-18/h1-3,6-7,10-14H,4-5,8-9H2/b13-10+. The minimum Gasteiger partial charge on any atom is -0.423 e. The van der Waals surface area contributed by atoms with E-state index in [4.69, 9.17) is 4.74 Å². The minimum absolute atomic E-state index is 0.338. The molecule has 21 heavy (non-hydrogen) atoms. The first-order valence-corrected chi connectivity index (χ1v) is 7.38. The summed E-state index contributed by atoms with van der Waals surface area (Å²) in [5, 5.41) is 0. The van der Waals surface area contributed by atoms with Crippen LogP contribution in [-0.4, -0.2) is 5.97 Å². The van der Waals surface area contributed by atoms with E-state index in [1.54, 1.807) is 6.08 Å². The van der Waals surface area contributed by atoms with Crippen LogP contribution < -0.4 is 4.74 Å². The molecule has 0 atom stereocenters. The van der Waals surface area contributed by atoms with Gasteiger partial charge in [0.1, 0.15) is 5.75 Å². The molecule has 0 aliphatic heterocycles. The second kappa shape index (κ2) is 6.40. The van der Waals surface area contributed by atoms with Crippen LogP contribution in [0.4, 0.5) is 0 Å². The Morgan fingerprint density at radius 2 is 1.71 bits per heavy atom. The van der Waals surface area contributed by atoms with Gasteiger partial charge in [-0.1, -0.05) is 36.4 Å². The van der Waals surface area contributed by atoms with E-state index in [0.29, 0.717) is 5.75 Å². The van der Waals surface area contributed by atoms with Gasteiger partial charge in [-0.3, -0.25) is 0 Å². The third-order valence-electron chi connectivity index (χ3n) is 3.75. The zero-order chi connectivity index (χ0) is 14.5. The fourth-order valence-electron chi connectivity index (χ4n) is 2.65. The number of ether oxygens (including phenoxy) is 1. The van der Waals surface area contributed by atoms with Crippen LogP contribution in [0.5, 0.6) is 5.75 Å². The Morgan fingerprint density at radius 1 is 0.952 bits per heavy atom. The zero-order valence-electron chi connectivity index (χ0n) is 11.9. The van der Waals surface area contributed by atoms with E-state index in [1.807, 2.05) is 42.5 Å². The van der Waals surface area contributed by atoms with Crippen molar-refractivity contribution >= 4 is 12.0 Å². The van der Waals surface area contributed by atoms with Gasteiger partial charge >= 0.3 is 5.97 Å². The second-order valence-electron chi connectivity index (χ2n) is 5.30. The Morgan fingerprint density at radius 3 is 2.52 bits per heavy atom. The van der Waals surface area contributed by atoms with Gasteiger partial charge in [0, 0.05) is 6.08 Å². The summed E-state index contributed by atoms with van der Waals surface area (Å²) in [5.41, 5.74) is 3.69. The molecule has 0 radical (unpaired) electrons. The summed E-state index contributed by atoms with van der Waals surface area (Å²) in [4.78, 5) is 11.8. The first-order valence-electron chi connectivity index (χ1n) is 7.38. The normalized spacial score (nSPS) is 13.9. The topological polar surface area (TPSA) is 26.3 Å². The summed E-state index contributed by atoms with van der Waals surface area (Å²) in [5.74, 6) is 0.299. The quantitative estimate of drug-likeness (QED) is 0.478. The maximum absolute atomic E-state index is 11.8. The Labute approximate surface area is 125 Å². The Hall–Kier alpha value is -2.35. The van der Waals surface area contributed by atoms with E-state index < -0.39 is 0 Å². The molecule has 2 aromatic carbocycles. The average molecular weight is 278 g/mol. The van der Waals surface area contributed by atoms with E-state index >= 15 is 0 Å². The van der Waals surface area contributed by atoms with Crippen LogP contribution in [0.1, 0.15) is 29.5 Å². The molecule has 106 valence electrons. The molecule has 2 aromatic rings. The van der Waals surface area contributed by atoms with E-state index in [2.05, 4.69) is 6.07 Å². The lowest BCUT2D eigenvalue weighted by molar-refractivity contribution is -0.128. The number of hydrogen-bond acceptors (Lipinski definition) is 2. The van der Waals surface area contributed by atoms with Gasteiger partial charge in [-0.05, 0) is 60.6 Å². The van der Waals surface area contributed by atoms with Crippen molar-refractivity contribution in [3.05, 3.63) is 71.3 Å². The largest absolute Gasteiger partial charge is 0.423 e. The van der Waals surface area contributed by atoms with Crippen LogP contribution in [0, 0.1) is 0 Å². The van der Waals surface area contributed by atoms with Crippen molar-refractivity contribution in [2.24, 2.45) is 0 Å². The molecule has 0 aromatic heterocycles. The maximum Gasteiger partial charge on any atom is 0.336 e. The SMILES string of the molecule is O=C(/C=C/c1ccccc1)Oc1ccc2c(c1)CCCC2. The molecule has 0 bridgehead atoms. The lowest BCUT2D eigenvalue weighted by Crippen LogP contribution is -2.06. The van der Waals surface area contributed by atoms with Crippen LogP contribution in [0.15, 0.2) is 54.6 Å². The van der Waals surface area contributed by atoms with Gasteiger partial charge < -0.3 is 4.74 Å². The van der Waals surface area contributed by atoms with Gasteiger partial charge in [-0.15, -0.1) is 0 Å². The molecule has 0 amide bonds. The first-order chi connectivity index (χ1) is 10.3. The first kappa shape index (κ1) is 13.6. The molecule has 2 heteroatoms. The summed E-state index contributed by atoms with van der Waals surface area (Å²) < 4.78 is 5.38. The van der Waals surface area contributed by atoms with Crippen molar-refractivity contribution in [2.75, 3.05) is 0 Å². The summed E-state index contributed by atoms with van der Waals surface area (Å²) in [6.45, 7) is 0. The number of fused-ring (bicyclic) bond motifs is 1. The fourth-order valence-corrected chi connectivity index (χ4v) is 2.65. The molecule has 3 rings (SSSR count). The van der Waals surface area contributed by atoms with Crippen LogP contribution in [0.2, 0.25) is 0 Å². The van der Waals surface area contributed by atoms with Gasteiger partial charge in [0.05, 0.1) is 0 Å². The zero-order valence-corrected chi connectivity index (χ0v) is 11.9. The summed E-state index contributed by atoms with van der Waals surface area (Å²) in [6.07, 6.45) is 7.93. The molecule has 1 aliphatic carbocycles.